The molecule has 0 amide bonds. The summed E-state index contributed by atoms with van der Waals surface area (Å²) in [6, 6.07) is 60.6. The Morgan fingerprint density at radius 2 is 0.859 bits per heavy atom. The van der Waals surface area contributed by atoms with Crippen LogP contribution in [0.25, 0.3) is 0 Å². The Morgan fingerprint density at radius 1 is 0.449 bits per heavy atom. The molecule has 0 aliphatic rings. The summed E-state index contributed by atoms with van der Waals surface area (Å²) < 4.78 is 44.4. The molecule has 0 radical (unpaired) electrons. The molecule has 0 fully saturated rings. The number of ether oxygens (including phenoxy) is 5. The summed E-state index contributed by atoms with van der Waals surface area (Å²) in [5, 5.41) is 8.98. The van der Waals surface area contributed by atoms with E-state index in [0.29, 0.717) is 52.7 Å². The highest BCUT2D eigenvalue weighted by atomic mass is 31.2. The van der Waals surface area contributed by atoms with Crippen molar-refractivity contribution in [1.29, 1.82) is 5.26 Å². The molecule has 0 saturated heterocycles. The van der Waals surface area contributed by atoms with Crippen LogP contribution < -0.4 is 9.47 Å². The summed E-state index contributed by atoms with van der Waals surface area (Å²) in [5.41, 5.74) is 9.14. The highest BCUT2D eigenvalue weighted by molar-refractivity contribution is 7.44. The smallest absolute Gasteiger partial charge is 0.259 e. The molecule has 7 aromatic rings. The van der Waals surface area contributed by atoms with E-state index in [0.717, 1.165) is 72.7 Å². The maximum absolute atomic E-state index is 8.98. The van der Waals surface area contributed by atoms with E-state index in [2.05, 4.69) is 97.9 Å². The van der Waals surface area contributed by atoms with E-state index in [9.17, 15) is 0 Å². The van der Waals surface area contributed by atoms with Crippen LogP contribution in [0.3, 0.4) is 0 Å². The van der Waals surface area contributed by atoms with Crippen molar-refractivity contribution in [2.75, 3.05) is 47.3 Å². The lowest BCUT2D eigenvalue weighted by molar-refractivity contribution is -0.0270. The zero-order valence-electron chi connectivity index (χ0n) is 45.3. The van der Waals surface area contributed by atoms with Gasteiger partial charge in [0.25, 0.3) is 8.53 Å². The van der Waals surface area contributed by atoms with Gasteiger partial charge in [-0.15, -0.1) is 0 Å². The second kappa shape index (κ2) is 30.7. The third kappa shape index (κ3) is 17.3. The maximum Gasteiger partial charge on any atom is 0.259 e. The quantitative estimate of drug-likeness (QED) is 0.0269. The molecule has 0 N–H and O–H groups in total. The van der Waals surface area contributed by atoms with Gasteiger partial charge >= 0.3 is 0 Å². The minimum absolute atomic E-state index is 0.238. The summed E-state index contributed by atoms with van der Waals surface area (Å²) in [4.78, 5) is 0. The zero-order chi connectivity index (χ0) is 54.8. The summed E-state index contributed by atoms with van der Waals surface area (Å²) in [6.45, 7) is 11.1. The van der Waals surface area contributed by atoms with Crippen LogP contribution in [0.4, 0.5) is 0 Å². The van der Waals surface area contributed by atoms with Crippen LogP contribution in [0.5, 0.6) is 11.5 Å². The first-order valence-electron chi connectivity index (χ1n) is 26.0. The van der Waals surface area contributed by atoms with E-state index >= 15 is 0 Å². The monoisotopic (exact) mass is 1050 g/mol. The fourth-order valence-corrected chi connectivity index (χ4v) is 10.1. The van der Waals surface area contributed by atoms with E-state index in [4.69, 9.17) is 38.0 Å². The van der Waals surface area contributed by atoms with Crippen LogP contribution in [0.2, 0.25) is 0 Å². The van der Waals surface area contributed by atoms with Crippen molar-refractivity contribution in [2.45, 2.75) is 65.0 Å². The van der Waals surface area contributed by atoms with E-state index in [1.54, 1.807) is 14.2 Å². The van der Waals surface area contributed by atoms with Crippen LogP contribution in [0, 0.1) is 58.7 Å². The number of hydrogen-bond acceptors (Lipinski definition) is 9. The lowest BCUT2D eigenvalue weighted by Crippen LogP contribution is -2.34. The van der Waals surface area contributed by atoms with Gasteiger partial charge in [0.05, 0.1) is 73.0 Å². The maximum atomic E-state index is 8.98. The van der Waals surface area contributed by atoms with Gasteiger partial charge in [-0.25, -0.2) is 4.67 Å². The van der Waals surface area contributed by atoms with Gasteiger partial charge in [-0.2, -0.15) is 5.26 Å². The molecule has 0 bridgehead atoms. The molecule has 0 spiro atoms. The van der Waals surface area contributed by atoms with E-state index in [1.165, 1.54) is 0 Å². The molecule has 78 heavy (non-hydrogen) atoms. The van der Waals surface area contributed by atoms with Crippen molar-refractivity contribution in [1.82, 2.24) is 4.67 Å². The van der Waals surface area contributed by atoms with Crippen molar-refractivity contribution in [2.24, 2.45) is 0 Å². The number of nitriles is 1. The first kappa shape index (κ1) is 57.8. The van der Waals surface area contributed by atoms with Gasteiger partial charge in [0, 0.05) is 45.5 Å². The molecule has 1 atom stereocenters. The van der Waals surface area contributed by atoms with Gasteiger partial charge < -0.3 is 32.7 Å². The van der Waals surface area contributed by atoms with Gasteiger partial charge in [0.15, 0.2) is 0 Å². The molecule has 0 aliphatic carbocycles. The van der Waals surface area contributed by atoms with E-state index in [1.807, 2.05) is 164 Å². The number of benzene rings is 7. The summed E-state index contributed by atoms with van der Waals surface area (Å²) in [7, 11) is 2.02. The SMILES string of the molecule is COc1ccc(C(OCCOCc2cccc(C#Cc3cccc(C#CC#Cc4cccc(C#Cc5cccc(COCCOP(OCCC#N)N(C(C)C)C(C)C)c5)c4)c3)c2)(c2ccccc2)c2ccc(OC)cc2)cc1. The normalized spacial score (nSPS) is 11.2. The Balaban J connectivity index is 0.905. The van der Waals surface area contributed by atoms with Crippen LogP contribution in [-0.4, -0.2) is 64.0 Å². The van der Waals surface area contributed by atoms with E-state index < -0.39 is 14.1 Å². The van der Waals surface area contributed by atoms with Crippen LogP contribution in [0.1, 0.15) is 95.3 Å². The third-order valence-corrected chi connectivity index (χ3v) is 14.2. The second-order valence-corrected chi connectivity index (χ2v) is 19.9. The molecule has 0 saturated carbocycles. The van der Waals surface area contributed by atoms with E-state index in [-0.39, 0.29) is 12.1 Å². The van der Waals surface area contributed by atoms with Gasteiger partial charge in [0.2, 0.25) is 0 Å². The summed E-state index contributed by atoms with van der Waals surface area (Å²) in [5.74, 6) is 27.0. The molecule has 0 aliphatic heterocycles. The molecule has 7 aromatic carbocycles. The topological polar surface area (TPSA) is 91.6 Å². The molecule has 10 heteroatoms. The van der Waals surface area contributed by atoms with Crippen molar-refractivity contribution >= 4 is 8.53 Å². The molecule has 7 rings (SSSR count). The summed E-state index contributed by atoms with van der Waals surface area (Å²) in [6.07, 6.45) is 0.322. The fourth-order valence-electron chi connectivity index (χ4n) is 8.52. The van der Waals surface area contributed by atoms with Crippen molar-refractivity contribution < 1.29 is 32.7 Å². The molecule has 394 valence electrons. The average molecular weight is 1050 g/mol. The van der Waals surface area contributed by atoms with Crippen molar-refractivity contribution in [3.8, 4) is 64.9 Å². The Labute approximate surface area is 463 Å². The number of rotatable bonds is 23. The van der Waals surface area contributed by atoms with Gasteiger partial charge in [-0.1, -0.05) is 127 Å². The predicted octanol–water partition coefficient (Wildman–Crippen LogP) is 13.2. The summed E-state index contributed by atoms with van der Waals surface area (Å²) >= 11 is 0. The van der Waals surface area contributed by atoms with Gasteiger partial charge in [-0.3, -0.25) is 0 Å². The third-order valence-electron chi connectivity index (χ3n) is 12.1. The molecule has 0 heterocycles. The lowest BCUT2D eigenvalue weighted by Gasteiger charge is -2.36. The molecule has 0 aromatic heterocycles. The number of hydrogen-bond donors (Lipinski definition) is 0. The van der Waals surface area contributed by atoms with Crippen molar-refractivity contribution in [3.63, 3.8) is 0 Å². The molecular weight excluding hydrogens is 988 g/mol. The van der Waals surface area contributed by atoms with Crippen LogP contribution in [-0.2, 0) is 42.1 Å². The Bertz CT molecular complexity index is 3270. The zero-order valence-corrected chi connectivity index (χ0v) is 46.1. The van der Waals surface area contributed by atoms with Crippen molar-refractivity contribution in [3.05, 3.63) is 237 Å². The predicted molar refractivity (Wildman–Crippen MR) is 310 cm³/mol. The standard InChI is InChI=1S/C68H65N2O7P/c1-53(2)70(54(3)4)78(76-42-16-41-69)77-46-44-74-52-62-26-15-24-60(50-62)32-30-58-22-13-20-56(48-58)18-11-10-17-55-19-12-21-57(47-55)29-31-59-23-14-25-61(49-59)51-73-43-45-75-68(63-27-8-7-9-28-63,64-33-37-66(71-5)38-34-64)65-35-39-67(72-6)40-36-65/h7-9,12-15,19-28,33-40,47-50,53-54H,16,42-46,51-52H2,1-6H3. The average Bonchev–Trinajstić information content (AvgIpc) is 3.63. The fraction of sp³-hybridized carbons (Fsp3) is 0.250. The largest absolute Gasteiger partial charge is 0.497 e. The Morgan fingerprint density at radius 3 is 1.31 bits per heavy atom. The molecule has 9 nitrogen and oxygen atoms in total. The minimum Gasteiger partial charge on any atom is -0.497 e. The first-order valence-corrected chi connectivity index (χ1v) is 27.1. The number of methoxy groups -OCH3 is 2. The number of nitrogens with zero attached hydrogens (tertiary/aromatic N) is 2. The van der Waals surface area contributed by atoms with Crippen LogP contribution in [0.15, 0.2) is 176 Å². The minimum atomic E-state index is -1.30. The highest BCUT2D eigenvalue weighted by Crippen LogP contribution is 2.46. The molecular formula is C68H65N2O7P. The van der Waals surface area contributed by atoms with Gasteiger partial charge in [0.1, 0.15) is 17.1 Å². The first-order chi connectivity index (χ1) is 38.2. The highest BCUT2D eigenvalue weighted by Gasteiger charge is 2.38. The Hall–Kier alpha value is -7.94. The van der Waals surface area contributed by atoms with Crippen LogP contribution >= 0.6 is 8.53 Å². The second-order valence-electron chi connectivity index (χ2n) is 18.4. The lowest BCUT2D eigenvalue weighted by atomic mass is 9.80. The van der Waals surface area contributed by atoms with Gasteiger partial charge in [-0.05, 0) is 152 Å². The molecule has 1 unspecified atom stereocenters. The Kier molecular flexibility index (Phi) is 22.7.